The van der Waals surface area contributed by atoms with Gasteiger partial charge in [0.25, 0.3) is 0 Å². The van der Waals surface area contributed by atoms with Crippen LogP contribution in [0.1, 0.15) is 5.56 Å². The molecule has 0 atom stereocenters. The quantitative estimate of drug-likeness (QED) is 0.335. The van der Waals surface area contributed by atoms with Crippen molar-refractivity contribution in [3.8, 4) is 11.3 Å². The molecule has 3 heterocycles. The fraction of sp³-hybridized carbons (Fsp3) is 0.143. The van der Waals surface area contributed by atoms with Crippen LogP contribution >= 0.6 is 0 Å². The number of hydrogen-bond acceptors (Lipinski definition) is 2. The molecule has 0 aliphatic carbocycles. The largest absolute Gasteiger partial charge is 0.464 e. The second-order valence-corrected chi connectivity index (χ2v) is 6.60. The van der Waals surface area contributed by atoms with Gasteiger partial charge in [-0.2, -0.15) is 0 Å². The van der Waals surface area contributed by atoms with E-state index >= 15 is 0 Å². The van der Waals surface area contributed by atoms with Gasteiger partial charge in [-0.3, -0.25) is 0 Å². The van der Waals surface area contributed by atoms with Gasteiger partial charge in [0.05, 0.1) is 29.5 Å². The monoisotopic (exact) mass is 326 g/mol. The van der Waals surface area contributed by atoms with Gasteiger partial charge in [0.1, 0.15) is 12.6 Å². The van der Waals surface area contributed by atoms with Crippen molar-refractivity contribution in [3.05, 3.63) is 59.8 Å². The Morgan fingerprint density at radius 3 is 2.80 bits per heavy atom. The van der Waals surface area contributed by atoms with Crippen molar-refractivity contribution in [2.75, 3.05) is 11.9 Å². The minimum atomic E-state index is 0.661. The summed E-state index contributed by atoms with van der Waals surface area (Å²) >= 11 is 0. The van der Waals surface area contributed by atoms with Crippen molar-refractivity contribution in [1.82, 2.24) is 0 Å². The van der Waals surface area contributed by atoms with Gasteiger partial charge in [0.15, 0.2) is 11.9 Å². The Morgan fingerprint density at radius 2 is 2.00 bits per heavy atom. The summed E-state index contributed by atoms with van der Waals surface area (Å²) in [7, 11) is 4.14. The molecule has 0 unspecified atom stereocenters. The molecular weight excluding hydrogens is 310 g/mol. The van der Waals surface area contributed by atoms with Crippen molar-refractivity contribution >= 4 is 38.8 Å². The number of fused-ring (bicyclic) bond motifs is 3. The highest BCUT2D eigenvalue weighted by Crippen LogP contribution is 2.49. The molecule has 0 N–H and O–H groups in total. The summed E-state index contributed by atoms with van der Waals surface area (Å²) in [6, 6.07) is 10.2. The highest BCUT2D eigenvalue weighted by molar-refractivity contribution is 6.13. The molecule has 0 fully saturated rings. The average Bonchev–Trinajstić information content (AvgIpc) is 3.09. The standard InChI is InChI=1S/C21H16N3O/c1-12-15-6-8-25-18(15)11-17-19(12)21-20-13(5-7-23(21)3)9-14(22-2)10-16(20)24(17)4/h5-11H,1,3-4H3/q+1. The average molecular weight is 326 g/mol. The highest BCUT2D eigenvalue weighted by Gasteiger charge is 2.31. The van der Waals surface area contributed by atoms with E-state index in [9.17, 15) is 0 Å². The SMILES string of the molecule is [C-]#[N+]c1cc2c3c([n+](C)ccc3c1)-c1c(cc3occc3c1C)N2C. The van der Waals surface area contributed by atoms with Crippen LogP contribution in [0.5, 0.6) is 0 Å². The molecule has 2 aromatic carbocycles. The smallest absolute Gasteiger partial charge is 0.224 e. The zero-order valence-electron chi connectivity index (χ0n) is 14.3. The molecule has 0 saturated carbocycles. The van der Waals surface area contributed by atoms with Crippen LogP contribution in [0.25, 0.3) is 37.8 Å². The van der Waals surface area contributed by atoms with E-state index < -0.39 is 0 Å². The Kier molecular flexibility index (Phi) is 2.59. The molecule has 5 rings (SSSR count). The van der Waals surface area contributed by atoms with Crippen LogP contribution in [0.15, 0.2) is 47.2 Å². The van der Waals surface area contributed by atoms with E-state index in [0.717, 1.165) is 27.7 Å². The second kappa shape index (κ2) is 4.61. The number of hydrogen-bond donors (Lipinski definition) is 0. The lowest BCUT2D eigenvalue weighted by Gasteiger charge is -2.29. The highest BCUT2D eigenvalue weighted by atomic mass is 16.3. The van der Waals surface area contributed by atoms with Crippen LogP contribution in [0.2, 0.25) is 0 Å². The van der Waals surface area contributed by atoms with Gasteiger partial charge >= 0.3 is 0 Å². The summed E-state index contributed by atoms with van der Waals surface area (Å²) in [6.45, 7) is 9.58. The van der Waals surface area contributed by atoms with Gasteiger partial charge in [0.2, 0.25) is 5.69 Å². The van der Waals surface area contributed by atoms with Crippen LogP contribution < -0.4 is 9.47 Å². The maximum absolute atomic E-state index is 7.42. The zero-order valence-corrected chi connectivity index (χ0v) is 14.3. The topological polar surface area (TPSA) is 24.6 Å². The third kappa shape index (κ3) is 1.67. The fourth-order valence-corrected chi connectivity index (χ4v) is 4.06. The van der Waals surface area contributed by atoms with Crippen LogP contribution in [0, 0.1) is 13.5 Å². The molecule has 4 nitrogen and oxygen atoms in total. The number of nitrogens with zero attached hydrogens (tertiary/aromatic N) is 3. The first-order valence-electron chi connectivity index (χ1n) is 8.19. The summed E-state index contributed by atoms with van der Waals surface area (Å²) in [5.41, 5.74) is 7.36. The number of aromatic nitrogens is 1. The molecular formula is C21H16N3O+. The molecule has 0 radical (unpaired) electrons. The Bertz CT molecular complexity index is 1240. The maximum atomic E-state index is 7.42. The number of anilines is 2. The summed E-state index contributed by atoms with van der Waals surface area (Å²) < 4.78 is 7.84. The lowest BCUT2D eigenvalue weighted by molar-refractivity contribution is -0.659. The second-order valence-electron chi connectivity index (χ2n) is 6.60. The van der Waals surface area contributed by atoms with Crippen LogP contribution in [0.3, 0.4) is 0 Å². The summed E-state index contributed by atoms with van der Waals surface area (Å²) in [5, 5.41) is 3.43. The van der Waals surface area contributed by atoms with Gasteiger partial charge in [-0.05, 0) is 36.1 Å². The van der Waals surface area contributed by atoms with Gasteiger partial charge < -0.3 is 9.32 Å². The van der Waals surface area contributed by atoms with E-state index in [1.807, 2.05) is 18.2 Å². The molecule has 120 valence electrons. The molecule has 4 aromatic rings. The first-order valence-corrected chi connectivity index (χ1v) is 8.19. The van der Waals surface area contributed by atoms with Gasteiger partial charge in [-0.25, -0.2) is 9.41 Å². The van der Waals surface area contributed by atoms with Crippen molar-refractivity contribution in [2.24, 2.45) is 7.05 Å². The number of benzene rings is 2. The number of rotatable bonds is 0. The van der Waals surface area contributed by atoms with Crippen molar-refractivity contribution < 1.29 is 8.98 Å². The Balaban J connectivity index is 2.05. The minimum absolute atomic E-state index is 0.661. The van der Waals surface area contributed by atoms with Crippen molar-refractivity contribution in [3.63, 3.8) is 0 Å². The molecule has 0 bridgehead atoms. The number of aryl methyl sites for hydroxylation is 2. The lowest BCUT2D eigenvalue weighted by Crippen LogP contribution is -2.33. The van der Waals surface area contributed by atoms with E-state index in [2.05, 4.69) is 53.7 Å². The predicted molar refractivity (Wildman–Crippen MR) is 99.4 cm³/mol. The Morgan fingerprint density at radius 1 is 1.16 bits per heavy atom. The lowest BCUT2D eigenvalue weighted by atomic mass is 9.90. The fourth-order valence-electron chi connectivity index (χ4n) is 4.06. The molecule has 1 aliphatic heterocycles. The number of pyridine rings is 1. The van der Waals surface area contributed by atoms with E-state index in [-0.39, 0.29) is 0 Å². The molecule has 4 heteroatoms. The van der Waals surface area contributed by atoms with Gasteiger partial charge in [0, 0.05) is 30.3 Å². The molecule has 1 aliphatic rings. The molecule has 0 saturated heterocycles. The van der Waals surface area contributed by atoms with Crippen LogP contribution in [-0.4, -0.2) is 7.05 Å². The van der Waals surface area contributed by atoms with E-state index in [1.54, 1.807) is 6.26 Å². The van der Waals surface area contributed by atoms with Crippen molar-refractivity contribution in [2.45, 2.75) is 6.92 Å². The van der Waals surface area contributed by atoms with E-state index in [4.69, 9.17) is 11.0 Å². The summed E-state index contributed by atoms with van der Waals surface area (Å²) in [4.78, 5) is 5.83. The maximum Gasteiger partial charge on any atom is 0.224 e. The number of furan rings is 1. The van der Waals surface area contributed by atoms with E-state index in [0.29, 0.717) is 5.69 Å². The molecule has 25 heavy (non-hydrogen) atoms. The van der Waals surface area contributed by atoms with Crippen molar-refractivity contribution in [1.29, 1.82) is 0 Å². The Labute approximate surface area is 145 Å². The summed E-state index contributed by atoms with van der Waals surface area (Å²) in [5.74, 6) is 0. The third-order valence-corrected chi connectivity index (χ3v) is 5.29. The van der Waals surface area contributed by atoms with Crippen LogP contribution in [0.4, 0.5) is 17.1 Å². The first-order chi connectivity index (χ1) is 12.1. The third-order valence-electron chi connectivity index (χ3n) is 5.29. The summed E-state index contributed by atoms with van der Waals surface area (Å²) in [6.07, 6.45) is 3.82. The van der Waals surface area contributed by atoms with E-state index in [1.165, 1.54) is 22.2 Å². The normalized spacial score (nSPS) is 12.5. The predicted octanol–water partition coefficient (Wildman–Crippen LogP) is 5.02. The molecule has 0 spiro atoms. The zero-order chi connectivity index (χ0) is 17.3. The van der Waals surface area contributed by atoms with Crippen LogP contribution in [-0.2, 0) is 7.05 Å². The molecule has 2 aromatic heterocycles. The molecule has 0 amide bonds. The Hall–Kier alpha value is -3.32. The van der Waals surface area contributed by atoms with Gasteiger partial charge in [-0.15, -0.1) is 0 Å². The van der Waals surface area contributed by atoms with Gasteiger partial charge in [-0.1, -0.05) is 0 Å². The first kappa shape index (κ1) is 14.1. The minimum Gasteiger partial charge on any atom is -0.464 e.